The Balaban J connectivity index is 1.24. The molecule has 8 nitrogen and oxygen atoms in total. The molecule has 2 aliphatic rings. The highest BCUT2D eigenvalue weighted by Crippen LogP contribution is 2.26. The monoisotopic (exact) mass is 557 g/mol. The highest BCUT2D eigenvalue weighted by molar-refractivity contribution is 5.98. The van der Waals surface area contributed by atoms with E-state index >= 15 is 0 Å². The number of carbonyl (C=O) groups excluding carboxylic acids is 2. The third kappa shape index (κ3) is 8.39. The summed E-state index contributed by atoms with van der Waals surface area (Å²) >= 11 is 0. The third-order valence-corrected chi connectivity index (χ3v) is 7.49. The summed E-state index contributed by atoms with van der Waals surface area (Å²) in [5.74, 6) is 0.226. The predicted molar refractivity (Wildman–Crippen MR) is 159 cm³/mol. The minimum absolute atomic E-state index is 0.115. The molecule has 2 N–H and O–H groups in total. The predicted octanol–water partition coefficient (Wildman–Crippen LogP) is 5.09. The Hall–Kier alpha value is -3.72. The number of fused-ring (bicyclic) bond motifs is 1. The van der Waals surface area contributed by atoms with Crippen molar-refractivity contribution >= 4 is 28.7 Å². The van der Waals surface area contributed by atoms with Crippen LogP contribution in [0.5, 0.6) is 5.75 Å². The Morgan fingerprint density at radius 2 is 1.76 bits per heavy atom. The van der Waals surface area contributed by atoms with E-state index in [0.29, 0.717) is 24.3 Å². The van der Waals surface area contributed by atoms with Gasteiger partial charge in [0.1, 0.15) is 12.4 Å². The average molecular weight is 558 g/mol. The Labute approximate surface area is 241 Å². The Morgan fingerprint density at radius 3 is 2.56 bits per heavy atom. The second kappa shape index (κ2) is 14.8. The number of carbonyl (C=O) groups is 2. The molecule has 3 aromatic rings. The fourth-order valence-corrected chi connectivity index (χ4v) is 5.19. The molecule has 2 aliphatic heterocycles. The zero-order valence-electron chi connectivity index (χ0n) is 23.5. The maximum absolute atomic E-state index is 13.3. The van der Waals surface area contributed by atoms with Crippen LogP contribution >= 0.6 is 0 Å². The largest absolute Gasteiger partial charge is 0.488 e. The van der Waals surface area contributed by atoms with Gasteiger partial charge >= 0.3 is 0 Å². The van der Waals surface area contributed by atoms with Crippen molar-refractivity contribution in [2.24, 2.45) is 0 Å². The molecule has 8 heteroatoms. The molecule has 0 aliphatic carbocycles. The molecule has 0 radical (unpaired) electrons. The van der Waals surface area contributed by atoms with Gasteiger partial charge < -0.3 is 19.7 Å². The van der Waals surface area contributed by atoms with E-state index in [1.165, 1.54) is 12.8 Å². The fourth-order valence-electron chi connectivity index (χ4n) is 5.19. The summed E-state index contributed by atoms with van der Waals surface area (Å²) in [6.45, 7) is 4.64. The smallest absolute Gasteiger partial charge is 0.274 e. The van der Waals surface area contributed by atoms with E-state index in [0.717, 1.165) is 67.4 Å². The van der Waals surface area contributed by atoms with Crippen LogP contribution in [0.25, 0.3) is 16.8 Å². The number of nitrogens with zero attached hydrogens (tertiary/aromatic N) is 1. The lowest BCUT2D eigenvalue weighted by molar-refractivity contribution is -0.186. The van der Waals surface area contributed by atoms with Gasteiger partial charge in [0.25, 0.3) is 11.8 Å². The normalized spacial score (nSPS) is 17.9. The van der Waals surface area contributed by atoms with Crippen LogP contribution < -0.4 is 15.5 Å². The Kier molecular flexibility index (Phi) is 10.4. The number of likely N-dealkylation sites (tertiary alicyclic amines) is 1. The number of hydrogen-bond acceptors (Lipinski definition) is 6. The summed E-state index contributed by atoms with van der Waals surface area (Å²) < 4.78 is 11.7. The van der Waals surface area contributed by atoms with Crippen molar-refractivity contribution in [3.05, 3.63) is 83.4 Å². The quantitative estimate of drug-likeness (QED) is 0.183. The van der Waals surface area contributed by atoms with Crippen LogP contribution in [0.2, 0.25) is 0 Å². The van der Waals surface area contributed by atoms with Crippen molar-refractivity contribution < 1.29 is 23.9 Å². The van der Waals surface area contributed by atoms with E-state index in [1.807, 2.05) is 60.7 Å². The van der Waals surface area contributed by atoms with Gasteiger partial charge in [-0.1, -0.05) is 48.5 Å². The highest BCUT2D eigenvalue weighted by Gasteiger charge is 2.17. The van der Waals surface area contributed by atoms with Crippen LogP contribution in [0.4, 0.5) is 0 Å². The first kappa shape index (κ1) is 28.8. The molecule has 2 heterocycles. The average Bonchev–Trinajstić information content (AvgIpc) is 3.54. The molecule has 2 saturated heterocycles. The standard InChI is InChI=1S/C33H39N3O5/c37-32(34-18-8-21-36-19-4-5-20-36)28(24-40-30-12-7-10-26-9-1-2-11-29(26)30)23-25-14-16-27(17-15-25)33(38)35-41-31-13-3-6-22-39-31/h1-2,7,9-12,14-17,23,31H,3-6,8,13,18-22,24H2,(H,34,37)(H,35,38)/b28-23+. The number of hydroxylamine groups is 1. The van der Waals surface area contributed by atoms with Crippen molar-refractivity contribution in [2.45, 2.75) is 44.8 Å². The van der Waals surface area contributed by atoms with Gasteiger partial charge in [0.15, 0.2) is 6.29 Å². The van der Waals surface area contributed by atoms with Crippen LogP contribution in [-0.2, 0) is 14.4 Å². The minimum atomic E-state index is -0.409. The molecule has 3 aromatic carbocycles. The fraction of sp³-hybridized carbons (Fsp3) is 0.394. The SMILES string of the molecule is O=C(NCCCN1CCCC1)/C(=C/c1ccc(C(=O)NOC2CCCCO2)cc1)COc1cccc2ccccc12. The van der Waals surface area contributed by atoms with Crippen molar-refractivity contribution in [1.82, 2.24) is 15.7 Å². The Morgan fingerprint density at radius 1 is 0.951 bits per heavy atom. The minimum Gasteiger partial charge on any atom is -0.488 e. The van der Waals surface area contributed by atoms with Gasteiger partial charge in [-0.3, -0.25) is 9.59 Å². The number of rotatable bonds is 12. The molecule has 41 heavy (non-hydrogen) atoms. The van der Waals surface area contributed by atoms with Crippen LogP contribution in [0.3, 0.4) is 0 Å². The first-order chi connectivity index (χ1) is 20.2. The van der Waals surface area contributed by atoms with E-state index < -0.39 is 6.29 Å². The second-order valence-electron chi connectivity index (χ2n) is 10.6. The van der Waals surface area contributed by atoms with Gasteiger partial charge in [-0.2, -0.15) is 0 Å². The lowest BCUT2D eigenvalue weighted by atomic mass is 10.1. The topological polar surface area (TPSA) is 89.1 Å². The molecule has 5 rings (SSSR count). The molecule has 2 fully saturated rings. The first-order valence-corrected chi connectivity index (χ1v) is 14.6. The van der Waals surface area contributed by atoms with E-state index in [4.69, 9.17) is 14.3 Å². The molecule has 1 atom stereocenters. The molecule has 0 bridgehead atoms. The highest BCUT2D eigenvalue weighted by atomic mass is 16.8. The van der Waals surface area contributed by atoms with E-state index in [-0.39, 0.29) is 18.4 Å². The van der Waals surface area contributed by atoms with Crippen LogP contribution in [0, 0.1) is 0 Å². The second-order valence-corrected chi connectivity index (χ2v) is 10.6. The van der Waals surface area contributed by atoms with E-state index in [1.54, 1.807) is 12.1 Å². The van der Waals surface area contributed by atoms with Crippen molar-refractivity contribution in [3.63, 3.8) is 0 Å². The van der Waals surface area contributed by atoms with Gasteiger partial charge in [0, 0.05) is 30.5 Å². The number of amides is 2. The summed E-state index contributed by atoms with van der Waals surface area (Å²) in [7, 11) is 0. The zero-order valence-corrected chi connectivity index (χ0v) is 23.5. The molecule has 0 aromatic heterocycles. The van der Waals surface area contributed by atoms with Crippen LogP contribution in [0.15, 0.2) is 72.3 Å². The summed E-state index contributed by atoms with van der Waals surface area (Å²) in [4.78, 5) is 33.7. The summed E-state index contributed by atoms with van der Waals surface area (Å²) in [5, 5.41) is 5.15. The molecular weight excluding hydrogens is 518 g/mol. The first-order valence-electron chi connectivity index (χ1n) is 14.6. The van der Waals surface area contributed by atoms with E-state index in [2.05, 4.69) is 15.7 Å². The van der Waals surface area contributed by atoms with E-state index in [9.17, 15) is 9.59 Å². The lowest BCUT2D eigenvalue weighted by Gasteiger charge is -2.22. The third-order valence-electron chi connectivity index (χ3n) is 7.49. The molecule has 0 saturated carbocycles. The number of ether oxygens (including phenoxy) is 2. The molecule has 1 unspecified atom stereocenters. The Bertz CT molecular complexity index is 1320. The maximum atomic E-state index is 13.3. The van der Waals surface area contributed by atoms with Crippen LogP contribution in [-0.4, -0.2) is 62.4 Å². The van der Waals surface area contributed by atoms with Crippen LogP contribution in [0.1, 0.15) is 54.4 Å². The van der Waals surface area contributed by atoms with Crippen molar-refractivity contribution in [3.8, 4) is 5.75 Å². The van der Waals surface area contributed by atoms with Gasteiger partial charge in [-0.15, -0.1) is 0 Å². The van der Waals surface area contributed by atoms with Gasteiger partial charge in [0.2, 0.25) is 0 Å². The van der Waals surface area contributed by atoms with Crippen molar-refractivity contribution in [2.75, 3.05) is 39.4 Å². The molecular formula is C33H39N3O5. The summed E-state index contributed by atoms with van der Waals surface area (Å²) in [6.07, 6.45) is 7.60. The lowest BCUT2D eigenvalue weighted by Crippen LogP contribution is -2.33. The number of hydrogen-bond donors (Lipinski definition) is 2. The van der Waals surface area contributed by atoms with Crippen molar-refractivity contribution in [1.29, 1.82) is 0 Å². The van der Waals surface area contributed by atoms with Gasteiger partial charge in [0.05, 0.1) is 5.57 Å². The molecule has 0 spiro atoms. The number of nitrogens with one attached hydrogen (secondary N) is 2. The summed E-state index contributed by atoms with van der Waals surface area (Å²) in [5.41, 5.74) is 4.24. The number of benzene rings is 3. The van der Waals surface area contributed by atoms with Gasteiger partial charge in [-0.25, -0.2) is 10.3 Å². The molecule has 2 amide bonds. The van der Waals surface area contributed by atoms with Gasteiger partial charge in [-0.05, 0) is 87.0 Å². The zero-order chi connectivity index (χ0) is 28.3. The molecule has 216 valence electrons. The summed E-state index contributed by atoms with van der Waals surface area (Å²) in [6, 6.07) is 21.0. The maximum Gasteiger partial charge on any atom is 0.274 e.